The van der Waals surface area contributed by atoms with Gasteiger partial charge in [-0.1, -0.05) is 42.5 Å². The number of aliphatic hydroxyl groups is 1. The van der Waals surface area contributed by atoms with Gasteiger partial charge < -0.3 is 10.0 Å². The minimum absolute atomic E-state index is 0.247. The van der Waals surface area contributed by atoms with Crippen LogP contribution in [0.1, 0.15) is 19.3 Å². The van der Waals surface area contributed by atoms with Crippen LogP contribution in [0, 0.1) is 0 Å². The Morgan fingerprint density at radius 2 is 1.73 bits per heavy atom. The number of aliphatic hydroxyl groups excluding tert-OH is 1. The Kier molecular flexibility index (Phi) is 6.43. The fourth-order valence-electron chi connectivity index (χ4n) is 3.28. The van der Waals surface area contributed by atoms with Crippen molar-refractivity contribution in [2.75, 3.05) is 26.2 Å². The highest BCUT2D eigenvalue weighted by Gasteiger charge is 2.18. The smallest absolute Gasteiger partial charge is 0.240 e. The molecule has 0 spiro atoms. The summed E-state index contributed by atoms with van der Waals surface area (Å²) >= 11 is 0. The highest BCUT2D eigenvalue weighted by molar-refractivity contribution is 7.89. The van der Waals surface area contributed by atoms with Crippen LogP contribution in [0.3, 0.4) is 0 Å². The molecule has 1 aliphatic rings. The number of piperidine rings is 1. The largest absolute Gasteiger partial charge is 0.392 e. The first kappa shape index (κ1) is 19.0. The van der Waals surface area contributed by atoms with Gasteiger partial charge in [-0.05, 0) is 55.6 Å². The highest BCUT2D eigenvalue weighted by atomic mass is 32.2. The van der Waals surface area contributed by atoms with Gasteiger partial charge in [0.25, 0.3) is 0 Å². The SMILES string of the molecule is O=S(=O)(NCCCN1CCC[C@@H](O)C1)c1ccc(-c2ccccc2)cc1. The van der Waals surface area contributed by atoms with Crippen LogP contribution in [0.5, 0.6) is 0 Å². The molecule has 1 saturated heterocycles. The third-order valence-corrected chi connectivity index (χ3v) is 6.17. The Morgan fingerprint density at radius 1 is 1.04 bits per heavy atom. The number of sulfonamides is 1. The molecule has 0 aromatic heterocycles. The van der Waals surface area contributed by atoms with E-state index in [0.29, 0.717) is 13.1 Å². The van der Waals surface area contributed by atoms with Gasteiger partial charge in [0.1, 0.15) is 0 Å². The molecule has 0 radical (unpaired) electrons. The first-order valence-electron chi connectivity index (χ1n) is 9.10. The van der Waals surface area contributed by atoms with E-state index in [1.165, 1.54) is 0 Å². The molecule has 0 amide bonds. The Bertz CT molecular complexity index is 792. The minimum Gasteiger partial charge on any atom is -0.392 e. The molecule has 6 heteroatoms. The summed E-state index contributed by atoms with van der Waals surface area (Å²) in [6, 6.07) is 16.8. The molecule has 3 rings (SSSR count). The van der Waals surface area contributed by atoms with E-state index in [2.05, 4.69) is 9.62 Å². The van der Waals surface area contributed by atoms with E-state index in [4.69, 9.17) is 0 Å². The van der Waals surface area contributed by atoms with E-state index in [9.17, 15) is 13.5 Å². The number of β-amino-alcohol motifs (C(OH)–C–C–N with tert-alkyl or cyclic N) is 1. The maximum Gasteiger partial charge on any atom is 0.240 e. The lowest BCUT2D eigenvalue weighted by Crippen LogP contribution is -2.39. The number of hydrogen-bond acceptors (Lipinski definition) is 4. The molecular weight excluding hydrogens is 348 g/mol. The van der Waals surface area contributed by atoms with E-state index < -0.39 is 10.0 Å². The molecule has 2 N–H and O–H groups in total. The average molecular weight is 375 g/mol. The van der Waals surface area contributed by atoms with Crippen molar-refractivity contribution in [1.29, 1.82) is 0 Å². The second-order valence-corrected chi connectivity index (χ2v) is 8.51. The zero-order valence-electron chi connectivity index (χ0n) is 14.8. The van der Waals surface area contributed by atoms with Crippen molar-refractivity contribution in [3.8, 4) is 11.1 Å². The molecule has 2 aromatic carbocycles. The monoisotopic (exact) mass is 374 g/mol. The summed E-state index contributed by atoms with van der Waals surface area (Å²) < 4.78 is 27.5. The van der Waals surface area contributed by atoms with Gasteiger partial charge in [0, 0.05) is 13.1 Å². The second-order valence-electron chi connectivity index (χ2n) is 6.74. The zero-order chi connectivity index (χ0) is 18.4. The molecule has 1 fully saturated rings. The van der Waals surface area contributed by atoms with E-state index in [1.807, 2.05) is 42.5 Å². The van der Waals surface area contributed by atoms with Gasteiger partial charge in [0.2, 0.25) is 10.0 Å². The lowest BCUT2D eigenvalue weighted by atomic mass is 10.1. The topological polar surface area (TPSA) is 69.6 Å². The van der Waals surface area contributed by atoms with E-state index in [-0.39, 0.29) is 11.0 Å². The Balaban J connectivity index is 1.51. The second kappa shape index (κ2) is 8.77. The maximum atomic E-state index is 12.4. The summed E-state index contributed by atoms with van der Waals surface area (Å²) in [5, 5.41) is 9.67. The van der Waals surface area contributed by atoms with Crippen LogP contribution >= 0.6 is 0 Å². The number of rotatable bonds is 7. The fraction of sp³-hybridized carbons (Fsp3) is 0.400. The zero-order valence-corrected chi connectivity index (χ0v) is 15.7. The third kappa shape index (κ3) is 5.14. The van der Waals surface area contributed by atoms with Gasteiger partial charge in [-0.25, -0.2) is 13.1 Å². The Labute approximate surface area is 155 Å². The van der Waals surface area contributed by atoms with Gasteiger partial charge in [0.05, 0.1) is 11.0 Å². The lowest BCUT2D eigenvalue weighted by Gasteiger charge is -2.29. The highest BCUT2D eigenvalue weighted by Crippen LogP contribution is 2.20. The number of benzene rings is 2. The Morgan fingerprint density at radius 3 is 2.42 bits per heavy atom. The van der Waals surface area contributed by atoms with Crippen LogP contribution in [0.25, 0.3) is 11.1 Å². The average Bonchev–Trinajstić information content (AvgIpc) is 2.66. The Hall–Kier alpha value is -1.73. The lowest BCUT2D eigenvalue weighted by molar-refractivity contribution is 0.0704. The van der Waals surface area contributed by atoms with Crippen molar-refractivity contribution in [2.45, 2.75) is 30.3 Å². The van der Waals surface area contributed by atoms with Gasteiger partial charge in [-0.3, -0.25) is 0 Å². The molecule has 1 atom stereocenters. The van der Waals surface area contributed by atoms with Crippen molar-refractivity contribution < 1.29 is 13.5 Å². The number of likely N-dealkylation sites (tertiary alicyclic amines) is 1. The van der Waals surface area contributed by atoms with Crippen LogP contribution in [0.2, 0.25) is 0 Å². The number of hydrogen-bond donors (Lipinski definition) is 2. The van der Waals surface area contributed by atoms with Gasteiger partial charge >= 0.3 is 0 Å². The van der Waals surface area contributed by atoms with Crippen LogP contribution < -0.4 is 4.72 Å². The minimum atomic E-state index is -3.49. The van der Waals surface area contributed by atoms with Gasteiger partial charge in [-0.15, -0.1) is 0 Å². The number of nitrogens with zero attached hydrogens (tertiary/aromatic N) is 1. The van der Waals surface area contributed by atoms with Crippen molar-refractivity contribution in [1.82, 2.24) is 9.62 Å². The van der Waals surface area contributed by atoms with Crippen molar-refractivity contribution in [2.24, 2.45) is 0 Å². The van der Waals surface area contributed by atoms with Crippen molar-refractivity contribution in [3.63, 3.8) is 0 Å². The summed E-state index contributed by atoms with van der Waals surface area (Å²) in [7, 11) is -3.49. The molecule has 1 aliphatic heterocycles. The predicted molar refractivity (Wildman–Crippen MR) is 103 cm³/mol. The number of nitrogens with one attached hydrogen (secondary N) is 1. The summed E-state index contributed by atoms with van der Waals surface area (Å²) in [6.45, 7) is 2.86. The van der Waals surface area contributed by atoms with E-state index in [1.54, 1.807) is 12.1 Å². The van der Waals surface area contributed by atoms with Crippen LogP contribution in [-0.2, 0) is 10.0 Å². The van der Waals surface area contributed by atoms with E-state index in [0.717, 1.165) is 43.5 Å². The summed E-state index contributed by atoms with van der Waals surface area (Å²) in [4.78, 5) is 2.47. The van der Waals surface area contributed by atoms with Crippen molar-refractivity contribution in [3.05, 3.63) is 54.6 Å². The first-order valence-corrected chi connectivity index (χ1v) is 10.6. The fourth-order valence-corrected chi connectivity index (χ4v) is 4.36. The molecule has 0 saturated carbocycles. The summed E-state index contributed by atoms with van der Waals surface area (Å²) in [5.74, 6) is 0. The van der Waals surface area contributed by atoms with Gasteiger partial charge in [-0.2, -0.15) is 0 Å². The molecular formula is C20H26N2O3S. The first-order chi connectivity index (χ1) is 12.5. The molecule has 140 valence electrons. The molecule has 1 heterocycles. The quantitative estimate of drug-likeness (QED) is 0.731. The summed E-state index contributed by atoms with van der Waals surface area (Å²) in [6.07, 6.45) is 2.35. The molecule has 0 bridgehead atoms. The van der Waals surface area contributed by atoms with Crippen LogP contribution in [0.15, 0.2) is 59.5 Å². The third-order valence-electron chi connectivity index (χ3n) is 4.70. The maximum absolute atomic E-state index is 12.4. The molecule has 0 unspecified atom stereocenters. The molecule has 0 aliphatic carbocycles. The summed E-state index contributed by atoms with van der Waals surface area (Å²) in [5.41, 5.74) is 2.06. The predicted octanol–water partition coefficient (Wildman–Crippen LogP) is 2.48. The van der Waals surface area contributed by atoms with Gasteiger partial charge in [0.15, 0.2) is 0 Å². The standard InChI is InChI=1S/C20H26N2O3S/c23-19-8-4-14-22(16-19)15-5-13-21-26(24,25)20-11-9-18(10-12-20)17-6-2-1-3-7-17/h1-3,6-7,9-12,19,21,23H,4-5,8,13-16H2/t19-/m1/s1. The van der Waals surface area contributed by atoms with Crippen molar-refractivity contribution >= 4 is 10.0 Å². The van der Waals surface area contributed by atoms with Crippen LogP contribution in [-0.4, -0.2) is 50.7 Å². The molecule has 5 nitrogen and oxygen atoms in total. The van der Waals surface area contributed by atoms with Crippen LogP contribution in [0.4, 0.5) is 0 Å². The van der Waals surface area contributed by atoms with E-state index >= 15 is 0 Å². The molecule has 26 heavy (non-hydrogen) atoms. The molecule has 2 aromatic rings. The normalized spacial score (nSPS) is 18.7.